The number of rotatable bonds is 3. The zero-order chi connectivity index (χ0) is 14.9. The number of nitrogens with zero attached hydrogens (tertiary/aromatic N) is 1. The quantitative estimate of drug-likeness (QED) is 0.615. The molecular formula is C13H12N2O5. The van der Waals surface area contributed by atoms with Crippen LogP contribution in [0.5, 0.6) is 0 Å². The molecule has 104 valence electrons. The molecule has 0 radical (unpaired) electrons. The molecule has 0 saturated carbocycles. The van der Waals surface area contributed by atoms with E-state index in [4.69, 9.17) is 0 Å². The molecule has 0 aliphatic carbocycles. The van der Waals surface area contributed by atoms with Crippen molar-refractivity contribution in [1.82, 2.24) is 10.2 Å². The van der Waals surface area contributed by atoms with Gasteiger partial charge in [-0.1, -0.05) is 12.1 Å². The van der Waals surface area contributed by atoms with Gasteiger partial charge < -0.3 is 10.1 Å². The van der Waals surface area contributed by atoms with E-state index < -0.39 is 29.9 Å². The molecule has 1 aliphatic heterocycles. The van der Waals surface area contributed by atoms with Gasteiger partial charge in [0.25, 0.3) is 11.8 Å². The lowest BCUT2D eigenvalue weighted by Crippen LogP contribution is -2.55. The van der Waals surface area contributed by atoms with Crippen molar-refractivity contribution in [2.75, 3.05) is 7.11 Å². The second-order valence-corrected chi connectivity index (χ2v) is 4.15. The van der Waals surface area contributed by atoms with Gasteiger partial charge in [-0.15, -0.1) is 0 Å². The zero-order valence-electron chi connectivity index (χ0n) is 10.9. The van der Waals surface area contributed by atoms with Gasteiger partial charge >= 0.3 is 5.97 Å². The normalized spacial score (nSPS) is 14.8. The van der Waals surface area contributed by atoms with Crippen LogP contribution in [-0.4, -0.2) is 41.9 Å². The average Bonchev–Trinajstić information content (AvgIpc) is 2.68. The highest BCUT2D eigenvalue weighted by molar-refractivity contribution is 6.22. The van der Waals surface area contributed by atoms with Gasteiger partial charge in [-0.3, -0.25) is 14.4 Å². The molecule has 2 rings (SSSR count). The van der Waals surface area contributed by atoms with Crippen molar-refractivity contribution in [3.8, 4) is 0 Å². The van der Waals surface area contributed by atoms with Gasteiger partial charge in [0.05, 0.1) is 18.2 Å². The first-order valence-corrected chi connectivity index (χ1v) is 5.79. The Morgan fingerprint density at radius 1 is 1.15 bits per heavy atom. The standard InChI is InChI=1S/C13H12N2O5/c1-7(16)14-10(13(19)20-2)15-11(17)8-5-3-4-6-9(8)12(15)18/h3-6,10H,1-2H3,(H,14,16). The molecule has 3 amide bonds. The lowest BCUT2D eigenvalue weighted by molar-refractivity contribution is -0.148. The number of carbonyl (C=O) groups excluding carboxylic acids is 4. The van der Waals surface area contributed by atoms with Crippen LogP contribution in [0.25, 0.3) is 0 Å². The Morgan fingerprint density at radius 3 is 2.05 bits per heavy atom. The topological polar surface area (TPSA) is 92.8 Å². The summed E-state index contributed by atoms with van der Waals surface area (Å²) in [6.07, 6.45) is -1.47. The predicted molar refractivity (Wildman–Crippen MR) is 66.6 cm³/mol. The molecule has 0 saturated heterocycles. The van der Waals surface area contributed by atoms with Crippen molar-refractivity contribution >= 4 is 23.7 Å². The highest BCUT2D eigenvalue weighted by Crippen LogP contribution is 2.24. The maximum atomic E-state index is 12.2. The average molecular weight is 276 g/mol. The van der Waals surface area contributed by atoms with Crippen molar-refractivity contribution in [1.29, 1.82) is 0 Å². The maximum Gasteiger partial charge on any atom is 0.350 e. The minimum absolute atomic E-state index is 0.191. The van der Waals surface area contributed by atoms with Crippen molar-refractivity contribution in [2.24, 2.45) is 0 Å². The first-order valence-electron chi connectivity index (χ1n) is 5.79. The Morgan fingerprint density at radius 2 is 1.65 bits per heavy atom. The van der Waals surface area contributed by atoms with Gasteiger partial charge in [-0.25, -0.2) is 9.69 Å². The molecule has 1 atom stereocenters. The smallest absolute Gasteiger partial charge is 0.350 e. The summed E-state index contributed by atoms with van der Waals surface area (Å²) in [5.41, 5.74) is 0.383. The second-order valence-electron chi connectivity index (χ2n) is 4.15. The Labute approximate surface area is 114 Å². The summed E-state index contributed by atoms with van der Waals surface area (Å²) in [5.74, 6) is -2.74. The number of ether oxygens (including phenoxy) is 1. The zero-order valence-corrected chi connectivity index (χ0v) is 10.9. The summed E-state index contributed by atoms with van der Waals surface area (Å²) in [4.78, 5) is 47.9. The number of benzene rings is 1. The SMILES string of the molecule is COC(=O)C(NC(C)=O)N1C(=O)c2ccccc2C1=O. The summed E-state index contributed by atoms with van der Waals surface area (Å²) < 4.78 is 4.52. The van der Waals surface area contributed by atoms with E-state index >= 15 is 0 Å². The van der Waals surface area contributed by atoms with Crippen LogP contribution < -0.4 is 5.32 Å². The molecular weight excluding hydrogens is 264 g/mol. The molecule has 1 aromatic carbocycles. The van der Waals surface area contributed by atoms with E-state index in [2.05, 4.69) is 10.1 Å². The fourth-order valence-electron chi connectivity index (χ4n) is 1.98. The van der Waals surface area contributed by atoms with Gasteiger partial charge in [0, 0.05) is 6.92 Å². The van der Waals surface area contributed by atoms with E-state index in [1.54, 1.807) is 12.1 Å². The summed E-state index contributed by atoms with van der Waals surface area (Å²) in [6.45, 7) is 1.17. The number of hydrogen-bond donors (Lipinski definition) is 1. The lowest BCUT2D eigenvalue weighted by Gasteiger charge is -2.24. The molecule has 7 nitrogen and oxygen atoms in total. The van der Waals surface area contributed by atoms with Crippen LogP contribution in [0, 0.1) is 0 Å². The summed E-state index contributed by atoms with van der Waals surface area (Å²) in [5, 5.41) is 2.24. The third-order valence-corrected chi connectivity index (χ3v) is 2.85. The second kappa shape index (κ2) is 5.12. The molecule has 0 aromatic heterocycles. The van der Waals surface area contributed by atoms with Crippen LogP contribution in [0.4, 0.5) is 0 Å². The van der Waals surface area contributed by atoms with Gasteiger partial charge in [-0.2, -0.15) is 0 Å². The number of imide groups is 1. The van der Waals surface area contributed by atoms with Crippen LogP contribution in [0.2, 0.25) is 0 Å². The maximum absolute atomic E-state index is 12.2. The van der Waals surface area contributed by atoms with E-state index in [9.17, 15) is 19.2 Å². The summed E-state index contributed by atoms with van der Waals surface area (Å²) >= 11 is 0. The Hall–Kier alpha value is -2.70. The van der Waals surface area contributed by atoms with Gasteiger partial charge in [0.1, 0.15) is 0 Å². The first-order chi connectivity index (χ1) is 9.47. The summed E-state index contributed by atoms with van der Waals surface area (Å²) in [6, 6.07) is 6.19. The molecule has 0 fully saturated rings. The first kappa shape index (κ1) is 13.7. The summed E-state index contributed by atoms with van der Waals surface area (Å²) in [7, 11) is 1.11. The Balaban J connectivity index is 2.41. The Bertz CT molecular complexity index is 576. The molecule has 1 heterocycles. The highest BCUT2D eigenvalue weighted by Gasteiger charge is 2.43. The molecule has 1 aliphatic rings. The number of fused-ring (bicyclic) bond motifs is 1. The van der Waals surface area contributed by atoms with E-state index in [1.165, 1.54) is 19.1 Å². The minimum Gasteiger partial charge on any atom is -0.466 e. The van der Waals surface area contributed by atoms with Crippen molar-refractivity contribution < 1.29 is 23.9 Å². The third kappa shape index (κ3) is 2.13. The van der Waals surface area contributed by atoms with E-state index in [1.807, 2.05) is 0 Å². The van der Waals surface area contributed by atoms with Gasteiger partial charge in [0.2, 0.25) is 12.1 Å². The van der Waals surface area contributed by atoms with Gasteiger partial charge in [-0.05, 0) is 12.1 Å². The van der Waals surface area contributed by atoms with Crippen LogP contribution in [-0.2, 0) is 14.3 Å². The number of esters is 1. The molecule has 20 heavy (non-hydrogen) atoms. The van der Waals surface area contributed by atoms with Crippen LogP contribution in [0.3, 0.4) is 0 Å². The van der Waals surface area contributed by atoms with E-state index in [-0.39, 0.29) is 11.1 Å². The third-order valence-electron chi connectivity index (χ3n) is 2.85. The van der Waals surface area contributed by atoms with Gasteiger partial charge in [0.15, 0.2) is 0 Å². The monoisotopic (exact) mass is 276 g/mol. The van der Waals surface area contributed by atoms with Crippen molar-refractivity contribution in [3.05, 3.63) is 35.4 Å². The molecule has 1 unspecified atom stereocenters. The van der Waals surface area contributed by atoms with E-state index in [0.29, 0.717) is 4.90 Å². The molecule has 1 N–H and O–H groups in total. The number of amides is 3. The molecule has 0 bridgehead atoms. The lowest BCUT2D eigenvalue weighted by atomic mass is 10.1. The number of hydrogen-bond acceptors (Lipinski definition) is 5. The van der Waals surface area contributed by atoms with Crippen LogP contribution in [0.15, 0.2) is 24.3 Å². The number of methoxy groups -OCH3 is 1. The van der Waals surface area contributed by atoms with Crippen LogP contribution in [0.1, 0.15) is 27.6 Å². The van der Waals surface area contributed by atoms with Crippen molar-refractivity contribution in [3.63, 3.8) is 0 Å². The van der Waals surface area contributed by atoms with E-state index in [0.717, 1.165) is 7.11 Å². The largest absolute Gasteiger partial charge is 0.466 e. The molecule has 0 spiro atoms. The van der Waals surface area contributed by atoms with Crippen molar-refractivity contribution in [2.45, 2.75) is 13.1 Å². The van der Waals surface area contributed by atoms with Crippen LogP contribution >= 0.6 is 0 Å². The minimum atomic E-state index is -1.47. The number of nitrogens with one attached hydrogen (secondary N) is 1. The fraction of sp³-hybridized carbons (Fsp3) is 0.231. The molecule has 7 heteroatoms. The molecule has 1 aromatic rings. The Kier molecular flexibility index (Phi) is 3.51. The predicted octanol–water partition coefficient (Wildman–Crippen LogP) is -0.0822. The fourth-order valence-corrected chi connectivity index (χ4v) is 1.98. The number of carbonyl (C=O) groups is 4. The highest BCUT2D eigenvalue weighted by atomic mass is 16.5.